The van der Waals surface area contributed by atoms with Gasteiger partial charge in [0.2, 0.25) is 5.91 Å². The highest BCUT2D eigenvalue weighted by Crippen LogP contribution is 2.16. The summed E-state index contributed by atoms with van der Waals surface area (Å²) in [5.41, 5.74) is 6.22. The second-order valence-electron chi connectivity index (χ2n) is 5.96. The van der Waals surface area contributed by atoms with Crippen molar-refractivity contribution in [2.24, 2.45) is 5.73 Å². The van der Waals surface area contributed by atoms with Crippen molar-refractivity contribution in [3.63, 3.8) is 0 Å². The number of halogens is 1. The number of benzene rings is 1. The van der Waals surface area contributed by atoms with Crippen LogP contribution in [-0.2, 0) is 26.5 Å². The highest BCUT2D eigenvalue weighted by Gasteiger charge is 2.18. The molecular formula is C19H34FN3O5S. The molecule has 168 valence electrons. The van der Waals surface area contributed by atoms with Crippen LogP contribution in [0.15, 0.2) is 24.3 Å². The van der Waals surface area contributed by atoms with Gasteiger partial charge in [0.15, 0.2) is 0 Å². The summed E-state index contributed by atoms with van der Waals surface area (Å²) in [6.07, 6.45) is 2.79. The molecule has 1 rings (SSSR count). The van der Waals surface area contributed by atoms with Gasteiger partial charge >= 0.3 is 10.5 Å². The molecule has 0 spiro atoms. The number of carbonyl (C=O) groups is 1. The van der Waals surface area contributed by atoms with Crippen molar-refractivity contribution in [3.05, 3.63) is 29.8 Å². The van der Waals surface area contributed by atoms with E-state index in [0.717, 1.165) is 24.8 Å². The first-order valence-corrected chi connectivity index (χ1v) is 11.1. The molecule has 0 radical (unpaired) electrons. The number of carbonyl (C=O) groups excluding carboxylic acids is 1. The van der Waals surface area contributed by atoms with Gasteiger partial charge in [-0.1, -0.05) is 29.9 Å². The molecule has 1 amide bonds. The van der Waals surface area contributed by atoms with E-state index >= 15 is 0 Å². The van der Waals surface area contributed by atoms with E-state index in [1.165, 1.54) is 12.1 Å². The van der Waals surface area contributed by atoms with E-state index in [1.807, 2.05) is 13.8 Å². The van der Waals surface area contributed by atoms with Gasteiger partial charge in [-0.05, 0) is 56.5 Å². The molecule has 0 saturated carbocycles. The average molecular weight is 436 g/mol. The minimum absolute atomic E-state index is 0.128. The molecule has 0 aliphatic carbocycles. The van der Waals surface area contributed by atoms with Gasteiger partial charge in [0.05, 0.1) is 6.04 Å². The average Bonchev–Trinajstić information content (AvgIpc) is 2.69. The highest BCUT2D eigenvalue weighted by atomic mass is 32.3. The lowest BCUT2D eigenvalue weighted by molar-refractivity contribution is -0.123. The molecule has 1 unspecified atom stereocenters. The Morgan fingerprint density at radius 3 is 2.34 bits per heavy atom. The van der Waals surface area contributed by atoms with E-state index in [-0.39, 0.29) is 11.7 Å². The van der Waals surface area contributed by atoms with Gasteiger partial charge in [0.1, 0.15) is 5.75 Å². The van der Waals surface area contributed by atoms with E-state index in [1.54, 1.807) is 19.2 Å². The van der Waals surface area contributed by atoms with Crippen molar-refractivity contribution in [1.82, 2.24) is 10.6 Å². The van der Waals surface area contributed by atoms with Crippen LogP contribution < -0.4 is 20.6 Å². The van der Waals surface area contributed by atoms with Gasteiger partial charge in [0.25, 0.3) is 0 Å². The lowest BCUT2D eigenvalue weighted by Crippen LogP contribution is -2.46. The van der Waals surface area contributed by atoms with Crippen molar-refractivity contribution >= 4 is 16.4 Å². The second-order valence-corrected chi connectivity index (χ2v) is 6.92. The van der Waals surface area contributed by atoms with Crippen LogP contribution in [0.25, 0.3) is 0 Å². The zero-order valence-corrected chi connectivity index (χ0v) is 18.3. The zero-order valence-electron chi connectivity index (χ0n) is 17.4. The lowest BCUT2D eigenvalue weighted by atomic mass is 10.0. The number of rotatable bonds is 14. The van der Waals surface area contributed by atoms with E-state index in [2.05, 4.69) is 14.8 Å². The molecule has 0 heterocycles. The third-order valence-corrected chi connectivity index (χ3v) is 4.11. The quantitative estimate of drug-likeness (QED) is 0.300. The van der Waals surface area contributed by atoms with Crippen LogP contribution in [0.4, 0.5) is 3.89 Å². The molecule has 1 aromatic rings. The molecule has 10 heteroatoms. The maximum absolute atomic E-state index is 12.5. The number of nitrogens with two attached hydrogens (primary N) is 1. The maximum Gasteiger partial charge on any atom is 0.488 e. The standard InChI is InChI=1S/C17H28FN3O5S.C2H6/c1-25-12-4-11-20-16(17(22)21-10-3-2-9-19)13-14-5-7-15(8-6-14)26-27(18,23)24;1-2/h5-8,16,20H,2-4,9-13,19H2,1H3,(H,21,22);1-2H3. The van der Waals surface area contributed by atoms with Gasteiger partial charge in [-0.25, -0.2) is 0 Å². The van der Waals surface area contributed by atoms with Crippen LogP contribution >= 0.6 is 0 Å². The first kappa shape index (κ1) is 27.2. The van der Waals surface area contributed by atoms with Gasteiger partial charge in [-0.2, -0.15) is 8.42 Å². The zero-order chi connectivity index (χ0) is 22.1. The van der Waals surface area contributed by atoms with E-state index in [9.17, 15) is 17.1 Å². The van der Waals surface area contributed by atoms with Crippen LogP contribution in [0.5, 0.6) is 5.75 Å². The van der Waals surface area contributed by atoms with Gasteiger partial charge in [0, 0.05) is 20.3 Å². The predicted molar refractivity (Wildman–Crippen MR) is 112 cm³/mol. The smallest absolute Gasteiger partial charge is 0.385 e. The minimum Gasteiger partial charge on any atom is -0.385 e. The molecule has 1 aromatic carbocycles. The lowest BCUT2D eigenvalue weighted by Gasteiger charge is -2.19. The Kier molecular flexibility index (Phi) is 15.1. The van der Waals surface area contributed by atoms with Gasteiger partial charge in [-0.15, -0.1) is 0 Å². The van der Waals surface area contributed by atoms with E-state index in [0.29, 0.717) is 32.7 Å². The van der Waals surface area contributed by atoms with E-state index < -0.39 is 16.5 Å². The van der Waals surface area contributed by atoms with Gasteiger partial charge in [-0.3, -0.25) is 4.79 Å². The number of unbranched alkanes of at least 4 members (excludes halogenated alkanes) is 1. The Morgan fingerprint density at radius 1 is 1.14 bits per heavy atom. The summed E-state index contributed by atoms with van der Waals surface area (Å²) in [5, 5.41) is 6.07. The predicted octanol–water partition coefficient (Wildman–Crippen LogP) is 1.70. The first-order valence-electron chi connectivity index (χ1n) is 9.79. The Morgan fingerprint density at radius 2 is 1.79 bits per heavy atom. The van der Waals surface area contributed by atoms with Crippen molar-refractivity contribution in [1.29, 1.82) is 0 Å². The molecule has 0 aromatic heterocycles. The molecule has 0 saturated heterocycles. The third kappa shape index (κ3) is 14.0. The van der Waals surface area contributed by atoms with Crippen LogP contribution in [0.1, 0.15) is 38.7 Å². The fourth-order valence-electron chi connectivity index (χ4n) is 2.39. The normalized spacial score (nSPS) is 11.9. The molecular weight excluding hydrogens is 401 g/mol. The van der Waals surface area contributed by atoms with Crippen molar-refractivity contribution in [2.45, 2.75) is 45.6 Å². The summed E-state index contributed by atoms with van der Waals surface area (Å²) in [6, 6.07) is 5.40. The maximum atomic E-state index is 12.5. The third-order valence-electron chi connectivity index (χ3n) is 3.72. The van der Waals surface area contributed by atoms with Crippen molar-refractivity contribution in [3.8, 4) is 5.75 Å². The summed E-state index contributed by atoms with van der Waals surface area (Å²) in [6.45, 7) is 6.32. The molecule has 8 nitrogen and oxygen atoms in total. The molecule has 0 fully saturated rings. The fraction of sp³-hybridized carbons (Fsp3) is 0.632. The Labute approximate surface area is 173 Å². The van der Waals surface area contributed by atoms with Gasteiger partial charge < -0.3 is 25.3 Å². The molecule has 29 heavy (non-hydrogen) atoms. The summed E-state index contributed by atoms with van der Waals surface area (Å²) < 4.78 is 42.7. The monoisotopic (exact) mass is 435 g/mol. The van der Waals surface area contributed by atoms with Crippen LogP contribution in [0, 0.1) is 0 Å². The summed E-state index contributed by atoms with van der Waals surface area (Å²) in [4.78, 5) is 12.4. The first-order chi connectivity index (χ1) is 13.9. The highest BCUT2D eigenvalue weighted by molar-refractivity contribution is 7.81. The SMILES string of the molecule is CC.COCCCNC(Cc1ccc(OS(=O)(=O)F)cc1)C(=O)NCCCCN. The molecule has 0 aliphatic heterocycles. The van der Waals surface area contributed by atoms with Crippen LogP contribution in [0.3, 0.4) is 0 Å². The minimum atomic E-state index is -5.06. The van der Waals surface area contributed by atoms with Crippen molar-refractivity contribution in [2.75, 3.05) is 33.4 Å². The number of ether oxygens (including phenoxy) is 1. The Balaban J connectivity index is 0.00000379. The summed E-state index contributed by atoms with van der Waals surface area (Å²) in [7, 11) is -3.44. The number of hydrogen-bond acceptors (Lipinski definition) is 7. The molecule has 0 bridgehead atoms. The molecule has 4 N–H and O–H groups in total. The molecule has 1 atom stereocenters. The van der Waals surface area contributed by atoms with Crippen LogP contribution in [0.2, 0.25) is 0 Å². The summed E-state index contributed by atoms with van der Waals surface area (Å²) >= 11 is 0. The topological polar surface area (TPSA) is 120 Å². The Bertz CT molecular complexity index is 656. The molecule has 0 aliphatic rings. The Hall–Kier alpha value is -1.75. The second kappa shape index (κ2) is 16.1. The summed E-state index contributed by atoms with van der Waals surface area (Å²) in [5.74, 6) is -0.256. The number of hydrogen-bond donors (Lipinski definition) is 3. The van der Waals surface area contributed by atoms with Crippen LogP contribution in [-0.4, -0.2) is 53.7 Å². The fourth-order valence-corrected chi connectivity index (χ4v) is 2.73. The van der Waals surface area contributed by atoms with Crippen molar-refractivity contribution < 1.29 is 26.0 Å². The van der Waals surface area contributed by atoms with E-state index in [4.69, 9.17) is 10.5 Å². The largest absolute Gasteiger partial charge is 0.488 e. The number of methoxy groups -OCH3 is 1. The number of nitrogens with one attached hydrogen (secondary N) is 2. The number of amides is 1.